The van der Waals surface area contributed by atoms with Crippen molar-refractivity contribution in [2.24, 2.45) is 0 Å². The van der Waals surface area contributed by atoms with Crippen LogP contribution in [-0.2, 0) is 4.79 Å². The lowest BCUT2D eigenvalue weighted by Crippen LogP contribution is -1.94. The van der Waals surface area contributed by atoms with Crippen molar-refractivity contribution in [3.8, 4) is 0 Å². The second-order valence-electron chi connectivity index (χ2n) is 4.12. The molecule has 0 fully saturated rings. The maximum absolute atomic E-state index is 11.0. The lowest BCUT2D eigenvalue weighted by atomic mass is 9.94. The molecular formula is C14H18I2O. The van der Waals surface area contributed by atoms with Crippen LogP contribution in [0.2, 0.25) is 0 Å². The minimum Gasteiger partial charge on any atom is -0.295 e. The predicted molar refractivity (Wildman–Crippen MR) is 93.0 cm³/mol. The number of ketones is 1. The van der Waals surface area contributed by atoms with Crippen LogP contribution in [0.1, 0.15) is 36.1 Å². The van der Waals surface area contributed by atoms with Crippen LogP contribution >= 0.6 is 37.2 Å². The van der Waals surface area contributed by atoms with Crippen LogP contribution in [-0.4, -0.2) is 5.78 Å². The van der Waals surface area contributed by atoms with Gasteiger partial charge in [-0.1, -0.05) is 12.1 Å². The van der Waals surface area contributed by atoms with Crippen molar-refractivity contribution < 1.29 is 4.79 Å². The lowest BCUT2D eigenvalue weighted by Gasteiger charge is -2.11. The first-order valence-corrected chi connectivity index (χ1v) is 11.6. The highest BCUT2D eigenvalue weighted by Gasteiger charge is 2.05. The van der Waals surface area contributed by atoms with Gasteiger partial charge in [-0.25, -0.2) is 0 Å². The summed E-state index contributed by atoms with van der Waals surface area (Å²) in [5.74, 6) is 0.102. The van der Waals surface area contributed by atoms with Gasteiger partial charge >= 0.3 is 0 Å². The number of aryl methyl sites for hydroxylation is 1. The molecule has 0 aliphatic heterocycles. The molecule has 0 aromatic heterocycles. The van der Waals surface area contributed by atoms with Gasteiger partial charge in [-0.3, -0.25) is 4.79 Å². The van der Waals surface area contributed by atoms with Gasteiger partial charge in [0.2, 0.25) is 0 Å². The quantitative estimate of drug-likeness (QED) is 0.432. The van der Waals surface area contributed by atoms with Crippen molar-refractivity contribution >= 4 is 48.6 Å². The summed E-state index contributed by atoms with van der Waals surface area (Å²) in [6.07, 6.45) is 1.69. The summed E-state index contributed by atoms with van der Waals surface area (Å²) in [5, 5.41) is 0. The smallest absolute Gasteiger partial charge is 0.152 e. The summed E-state index contributed by atoms with van der Waals surface area (Å²) in [6, 6.07) is 4.20. The van der Waals surface area contributed by atoms with E-state index >= 15 is 0 Å². The van der Waals surface area contributed by atoms with E-state index in [9.17, 15) is 4.79 Å². The number of carbonyl (C=O) groups is 1. The third-order valence-electron chi connectivity index (χ3n) is 2.90. The van der Waals surface area contributed by atoms with E-state index in [2.05, 4.69) is 70.1 Å². The maximum atomic E-state index is 11.0. The maximum Gasteiger partial charge on any atom is 0.152 e. The summed E-state index contributed by atoms with van der Waals surface area (Å²) >= 11 is 4.24. The fourth-order valence-corrected chi connectivity index (χ4v) is 1.77. The van der Waals surface area contributed by atoms with Gasteiger partial charge in [0.1, 0.15) is 0 Å². The minimum atomic E-state index is 0.102. The van der Waals surface area contributed by atoms with Gasteiger partial charge < -0.3 is 0 Å². The Kier molecular flexibility index (Phi) is 8.28. The number of rotatable bonds is 2. The molecule has 1 aromatic rings. The second-order valence-corrected chi connectivity index (χ2v) is 4.12. The van der Waals surface area contributed by atoms with E-state index in [4.69, 9.17) is 0 Å². The summed E-state index contributed by atoms with van der Waals surface area (Å²) in [5.41, 5.74) is 6.09. The standard InChI is InChI=1S/C14H18O.I2/c1-9-6-7-14(13(5)12(9)4)10(2)8-11(3)15;1-2/h6-8H,1-5H3;/b10-8+;. The highest BCUT2D eigenvalue weighted by molar-refractivity contribution is 15.0. The van der Waals surface area contributed by atoms with Gasteiger partial charge in [0, 0.05) is 37.2 Å². The number of allylic oxidation sites excluding steroid dienone is 2. The van der Waals surface area contributed by atoms with Crippen LogP contribution in [0.25, 0.3) is 5.57 Å². The Morgan fingerprint density at radius 3 is 2.06 bits per heavy atom. The molecule has 1 rings (SSSR count). The molecule has 0 saturated carbocycles. The summed E-state index contributed by atoms with van der Waals surface area (Å²) in [4.78, 5) is 11.0. The second kappa shape index (κ2) is 8.24. The van der Waals surface area contributed by atoms with Crippen molar-refractivity contribution in [2.75, 3.05) is 0 Å². The largest absolute Gasteiger partial charge is 0.295 e. The molecule has 0 N–H and O–H groups in total. The number of hydrogen-bond donors (Lipinski definition) is 0. The summed E-state index contributed by atoms with van der Waals surface area (Å²) < 4.78 is 0. The molecule has 0 aliphatic rings. The molecule has 3 heteroatoms. The third-order valence-corrected chi connectivity index (χ3v) is 2.90. The Morgan fingerprint density at radius 2 is 1.59 bits per heavy atom. The average molecular weight is 456 g/mol. The molecule has 0 spiro atoms. The molecule has 17 heavy (non-hydrogen) atoms. The third kappa shape index (κ3) is 5.07. The van der Waals surface area contributed by atoms with Gasteiger partial charge in [0.05, 0.1) is 0 Å². The van der Waals surface area contributed by atoms with Gasteiger partial charge in [-0.05, 0) is 68.5 Å². The van der Waals surface area contributed by atoms with Crippen molar-refractivity contribution in [2.45, 2.75) is 34.6 Å². The number of carbonyl (C=O) groups excluding carboxylic acids is 1. The Labute approximate surface area is 127 Å². The topological polar surface area (TPSA) is 17.1 Å². The highest BCUT2D eigenvalue weighted by Crippen LogP contribution is 2.23. The zero-order valence-electron chi connectivity index (χ0n) is 10.9. The first-order chi connectivity index (χ1) is 7.93. The molecule has 0 radical (unpaired) electrons. The number of benzene rings is 1. The van der Waals surface area contributed by atoms with E-state index in [1.165, 1.54) is 22.3 Å². The van der Waals surface area contributed by atoms with Crippen molar-refractivity contribution in [1.82, 2.24) is 0 Å². The molecular weight excluding hydrogens is 438 g/mol. The first kappa shape index (κ1) is 17.1. The summed E-state index contributed by atoms with van der Waals surface area (Å²) in [7, 11) is 0. The molecule has 0 aliphatic carbocycles. The van der Waals surface area contributed by atoms with Crippen LogP contribution in [0.3, 0.4) is 0 Å². The van der Waals surface area contributed by atoms with Crippen LogP contribution in [0.15, 0.2) is 18.2 Å². The number of halogens is 2. The van der Waals surface area contributed by atoms with Crippen LogP contribution in [0.5, 0.6) is 0 Å². The predicted octanol–water partition coefficient (Wildman–Crippen LogP) is 5.38. The number of hydrogen-bond acceptors (Lipinski definition) is 1. The van der Waals surface area contributed by atoms with E-state index in [-0.39, 0.29) is 5.78 Å². The Bertz CT molecular complexity index is 434. The fraction of sp³-hybridized carbons (Fsp3) is 0.357. The minimum absolute atomic E-state index is 0.102. The zero-order chi connectivity index (χ0) is 13.6. The fourth-order valence-electron chi connectivity index (χ4n) is 1.77. The Balaban J connectivity index is 0.00000121. The Hall–Kier alpha value is 0.0900. The van der Waals surface area contributed by atoms with E-state index in [0.29, 0.717) is 0 Å². The van der Waals surface area contributed by atoms with Crippen molar-refractivity contribution in [3.05, 3.63) is 40.5 Å². The van der Waals surface area contributed by atoms with E-state index < -0.39 is 0 Å². The molecule has 0 heterocycles. The van der Waals surface area contributed by atoms with Gasteiger partial charge in [-0.15, -0.1) is 0 Å². The van der Waals surface area contributed by atoms with Gasteiger partial charge in [0.15, 0.2) is 5.78 Å². The first-order valence-electron chi connectivity index (χ1n) is 5.34. The lowest BCUT2D eigenvalue weighted by molar-refractivity contribution is -0.112. The highest BCUT2D eigenvalue weighted by atomic mass is 128. The molecule has 0 bridgehead atoms. The molecule has 0 atom stereocenters. The molecule has 1 nitrogen and oxygen atoms in total. The molecule has 94 valence electrons. The van der Waals surface area contributed by atoms with Crippen molar-refractivity contribution in [1.29, 1.82) is 0 Å². The molecule has 0 saturated heterocycles. The van der Waals surface area contributed by atoms with Crippen LogP contribution in [0.4, 0.5) is 0 Å². The SMILES string of the molecule is CC(=O)/C=C(\C)c1ccc(C)c(C)c1C.II. The van der Waals surface area contributed by atoms with Crippen LogP contribution in [0, 0.1) is 20.8 Å². The molecule has 0 amide bonds. The van der Waals surface area contributed by atoms with Gasteiger partial charge in [-0.2, -0.15) is 0 Å². The van der Waals surface area contributed by atoms with E-state index in [1.54, 1.807) is 13.0 Å². The monoisotopic (exact) mass is 456 g/mol. The molecule has 1 aromatic carbocycles. The Morgan fingerprint density at radius 1 is 1.06 bits per heavy atom. The normalized spacial score (nSPS) is 10.6. The van der Waals surface area contributed by atoms with Crippen molar-refractivity contribution in [3.63, 3.8) is 0 Å². The van der Waals surface area contributed by atoms with Gasteiger partial charge in [0.25, 0.3) is 0 Å². The van der Waals surface area contributed by atoms with Crippen LogP contribution < -0.4 is 0 Å². The molecule has 0 unspecified atom stereocenters. The zero-order valence-corrected chi connectivity index (χ0v) is 15.2. The average Bonchev–Trinajstić information content (AvgIpc) is 2.27. The summed E-state index contributed by atoms with van der Waals surface area (Å²) in [6.45, 7) is 9.90. The van der Waals surface area contributed by atoms with E-state index in [1.807, 2.05) is 6.92 Å². The van der Waals surface area contributed by atoms with E-state index in [0.717, 1.165) is 5.57 Å².